The van der Waals surface area contributed by atoms with Crippen molar-refractivity contribution in [1.82, 2.24) is 0 Å². The van der Waals surface area contributed by atoms with Gasteiger partial charge in [0.05, 0.1) is 10.0 Å². The minimum absolute atomic E-state index is 0.136. The summed E-state index contributed by atoms with van der Waals surface area (Å²) in [6, 6.07) is 2.41. The second-order valence-electron chi connectivity index (χ2n) is 4.87. The van der Waals surface area contributed by atoms with Crippen LogP contribution in [-0.4, -0.2) is 5.78 Å². The highest BCUT2D eigenvalue weighted by atomic mass is 79.9. The Morgan fingerprint density at radius 1 is 1.39 bits per heavy atom. The van der Waals surface area contributed by atoms with Gasteiger partial charge in [-0.3, -0.25) is 4.79 Å². The van der Waals surface area contributed by atoms with E-state index in [1.54, 1.807) is 0 Å². The zero-order valence-electron chi connectivity index (χ0n) is 10.2. The van der Waals surface area contributed by atoms with E-state index >= 15 is 0 Å². The van der Waals surface area contributed by atoms with Crippen LogP contribution in [0, 0.1) is 23.5 Å². The molecule has 98 valence electrons. The molecular formula is C14H15BrF2O. The molecule has 0 spiro atoms. The predicted molar refractivity (Wildman–Crippen MR) is 69.5 cm³/mol. The smallest absolute Gasteiger partial charge is 0.171 e. The molecule has 0 radical (unpaired) electrons. The van der Waals surface area contributed by atoms with Crippen LogP contribution in [0.4, 0.5) is 8.78 Å². The zero-order chi connectivity index (χ0) is 13.3. The van der Waals surface area contributed by atoms with Crippen LogP contribution in [-0.2, 0) is 0 Å². The molecule has 1 aromatic rings. The van der Waals surface area contributed by atoms with Gasteiger partial charge < -0.3 is 0 Å². The zero-order valence-corrected chi connectivity index (χ0v) is 11.8. The number of hydrogen-bond donors (Lipinski definition) is 0. The van der Waals surface area contributed by atoms with Crippen molar-refractivity contribution in [2.45, 2.75) is 32.6 Å². The second kappa shape index (κ2) is 5.47. The Kier molecular flexibility index (Phi) is 4.15. The summed E-state index contributed by atoms with van der Waals surface area (Å²) in [7, 11) is 0. The Hall–Kier alpha value is -0.770. The lowest BCUT2D eigenvalue weighted by Gasteiger charge is -2.11. The van der Waals surface area contributed by atoms with Gasteiger partial charge in [0.25, 0.3) is 0 Å². The minimum Gasteiger partial charge on any atom is -0.294 e. The maximum Gasteiger partial charge on any atom is 0.171 e. The summed E-state index contributed by atoms with van der Waals surface area (Å²) in [5, 5.41) is 0. The van der Waals surface area contributed by atoms with Crippen molar-refractivity contribution < 1.29 is 13.6 Å². The van der Waals surface area contributed by atoms with Crippen LogP contribution in [0.15, 0.2) is 16.6 Å². The molecular weight excluding hydrogens is 302 g/mol. The Balaban J connectivity index is 2.27. The van der Waals surface area contributed by atoms with Crippen LogP contribution in [0.3, 0.4) is 0 Å². The molecule has 1 aliphatic carbocycles. The molecule has 1 aromatic carbocycles. The molecule has 1 aliphatic rings. The largest absolute Gasteiger partial charge is 0.294 e. The van der Waals surface area contributed by atoms with Gasteiger partial charge in [-0.05, 0) is 53.2 Å². The summed E-state index contributed by atoms with van der Waals surface area (Å²) >= 11 is 2.99. The van der Waals surface area contributed by atoms with E-state index in [9.17, 15) is 13.6 Å². The maximum absolute atomic E-state index is 13.8. The van der Waals surface area contributed by atoms with E-state index in [1.165, 1.54) is 6.07 Å². The highest BCUT2D eigenvalue weighted by Gasteiger charge is 2.32. The molecule has 4 heteroatoms. The van der Waals surface area contributed by atoms with Gasteiger partial charge in [-0.25, -0.2) is 8.78 Å². The quantitative estimate of drug-likeness (QED) is 0.581. The SMILES string of the molecule is CCC1CCC(C(=O)c2c(F)ccc(Br)c2F)C1. The van der Waals surface area contributed by atoms with E-state index in [4.69, 9.17) is 0 Å². The molecule has 18 heavy (non-hydrogen) atoms. The Morgan fingerprint density at radius 2 is 2.11 bits per heavy atom. The lowest BCUT2D eigenvalue weighted by Crippen LogP contribution is -2.16. The number of benzene rings is 1. The average molecular weight is 317 g/mol. The lowest BCUT2D eigenvalue weighted by atomic mass is 9.94. The molecule has 0 N–H and O–H groups in total. The van der Waals surface area contributed by atoms with Crippen molar-refractivity contribution in [2.75, 3.05) is 0 Å². The van der Waals surface area contributed by atoms with Crippen molar-refractivity contribution in [3.8, 4) is 0 Å². The monoisotopic (exact) mass is 316 g/mol. The first kappa shape index (κ1) is 13.7. The first-order chi connectivity index (χ1) is 8.54. The second-order valence-corrected chi connectivity index (χ2v) is 5.72. The van der Waals surface area contributed by atoms with Crippen molar-refractivity contribution in [2.24, 2.45) is 11.8 Å². The van der Waals surface area contributed by atoms with E-state index in [1.807, 2.05) is 0 Å². The number of ketones is 1. The molecule has 0 amide bonds. The summed E-state index contributed by atoms with van der Waals surface area (Å²) in [6.45, 7) is 2.08. The number of carbonyl (C=O) groups excluding carboxylic acids is 1. The van der Waals surface area contributed by atoms with Gasteiger partial charge in [-0.15, -0.1) is 0 Å². The minimum atomic E-state index is -0.778. The normalized spacial score (nSPS) is 23.3. The Bertz CT molecular complexity index is 473. The molecule has 0 aromatic heterocycles. The van der Waals surface area contributed by atoms with Crippen molar-refractivity contribution in [3.05, 3.63) is 33.8 Å². The molecule has 0 saturated heterocycles. The maximum atomic E-state index is 13.8. The van der Waals surface area contributed by atoms with Crippen molar-refractivity contribution in [3.63, 3.8) is 0 Å². The van der Waals surface area contributed by atoms with Gasteiger partial charge in [-0.1, -0.05) is 13.3 Å². The fourth-order valence-electron chi connectivity index (χ4n) is 2.64. The van der Waals surface area contributed by atoms with E-state index in [0.29, 0.717) is 5.92 Å². The first-order valence-corrected chi connectivity index (χ1v) is 7.01. The van der Waals surface area contributed by atoms with Crippen molar-refractivity contribution >= 4 is 21.7 Å². The van der Waals surface area contributed by atoms with E-state index in [0.717, 1.165) is 31.7 Å². The Morgan fingerprint density at radius 3 is 2.72 bits per heavy atom. The molecule has 1 fully saturated rings. The van der Waals surface area contributed by atoms with Gasteiger partial charge in [0, 0.05) is 5.92 Å². The summed E-state index contributed by atoms with van der Waals surface area (Å²) in [5.74, 6) is -1.65. The molecule has 0 heterocycles. The Labute approximate surface area is 114 Å². The molecule has 2 unspecified atom stereocenters. The third kappa shape index (κ3) is 2.48. The molecule has 2 rings (SSSR count). The van der Waals surface area contributed by atoms with Gasteiger partial charge >= 0.3 is 0 Å². The van der Waals surface area contributed by atoms with Gasteiger partial charge in [0.2, 0.25) is 0 Å². The fraction of sp³-hybridized carbons (Fsp3) is 0.500. The number of hydrogen-bond acceptors (Lipinski definition) is 1. The molecule has 0 aliphatic heterocycles. The lowest BCUT2D eigenvalue weighted by molar-refractivity contribution is 0.0911. The summed E-state index contributed by atoms with van der Waals surface area (Å²) in [5.41, 5.74) is -0.383. The number of rotatable bonds is 3. The predicted octanol–water partition coefficient (Wildman–Crippen LogP) is 4.74. The molecule has 1 nitrogen and oxygen atoms in total. The van der Waals surface area contributed by atoms with Crippen molar-refractivity contribution in [1.29, 1.82) is 0 Å². The number of Topliss-reactive ketones (excluding diaryl/α,β-unsaturated/α-hetero) is 1. The van der Waals surface area contributed by atoms with Crippen LogP contribution in [0.2, 0.25) is 0 Å². The summed E-state index contributed by atoms with van der Waals surface area (Å²) < 4.78 is 27.6. The van der Waals surface area contributed by atoms with Crippen LogP contribution in [0.5, 0.6) is 0 Å². The van der Waals surface area contributed by atoms with Crippen LogP contribution >= 0.6 is 15.9 Å². The fourth-order valence-corrected chi connectivity index (χ4v) is 2.97. The van der Waals surface area contributed by atoms with Crippen LogP contribution in [0.25, 0.3) is 0 Å². The molecule has 2 atom stereocenters. The topological polar surface area (TPSA) is 17.1 Å². The molecule has 1 saturated carbocycles. The van der Waals surface area contributed by atoms with E-state index in [-0.39, 0.29) is 21.7 Å². The third-order valence-electron chi connectivity index (χ3n) is 3.78. The summed E-state index contributed by atoms with van der Waals surface area (Å²) in [4.78, 5) is 12.2. The van der Waals surface area contributed by atoms with E-state index in [2.05, 4.69) is 22.9 Å². The molecule has 0 bridgehead atoms. The first-order valence-electron chi connectivity index (χ1n) is 6.22. The number of halogens is 3. The van der Waals surface area contributed by atoms with Crippen LogP contribution < -0.4 is 0 Å². The standard InChI is InChI=1S/C14H15BrF2O/c1-2-8-3-4-9(7-8)14(18)12-11(16)6-5-10(15)13(12)17/h5-6,8-9H,2-4,7H2,1H3. The third-order valence-corrected chi connectivity index (χ3v) is 4.39. The van der Waals surface area contributed by atoms with Crippen LogP contribution in [0.1, 0.15) is 43.0 Å². The van der Waals surface area contributed by atoms with E-state index < -0.39 is 11.6 Å². The van der Waals surface area contributed by atoms with Gasteiger partial charge in [0.1, 0.15) is 5.82 Å². The summed E-state index contributed by atoms with van der Waals surface area (Å²) in [6.07, 6.45) is 3.49. The highest BCUT2D eigenvalue weighted by Crippen LogP contribution is 2.36. The highest BCUT2D eigenvalue weighted by molar-refractivity contribution is 9.10. The number of carbonyl (C=O) groups is 1. The van der Waals surface area contributed by atoms with Gasteiger partial charge in [0.15, 0.2) is 11.6 Å². The van der Waals surface area contributed by atoms with Gasteiger partial charge in [-0.2, -0.15) is 0 Å². The average Bonchev–Trinajstić information content (AvgIpc) is 2.83.